The Hall–Kier alpha value is -1.08. The van der Waals surface area contributed by atoms with Gasteiger partial charge in [0.25, 0.3) is 0 Å². The molecule has 0 amide bonds. The standard InChI is InChI=1S/C8H15N3O3S/c1-11-7-8(6-9-11)10-15(13,14)5-3-2-4-12/h6-7,10,12H,2-5H2,1H3. The van der Waals surface area contributed by atoms with Gasteiger partial charge >= 0.3 is 0 Å². The number of unbranched alkanes of at least 4 members (excludes halogenated alkanes) is 1. The van der Waals surface area contributed by atoms with Crippen LogP contribution in [0.2, 0.25) is 0 Å². The normalized spacial score (nSPS) is 11.6. The lowest BCUT2D eigenvalue weighted by Gasteiger charge is -2.04. The number of aliphatic hydroxyl groups excluding tert-OH is 1. The molecule has 0 atom stereocenters. The topological polar surface area (TPSA) is 84.2 Å². The Morgan fingerprint density at radius 3 is 2.80 bits per heavy atom. The summed E-state index contributed by atoms with van der Waals surface area (Å²) in [5.74, 6) is 0.0163. The summed E-state index contributed by atoms with van der Waals surface area (Å²) in [5.41, 5.74) is 0.460. The van der Waals surface area contributed by atoms with Gasteiger partial charge in [-0.2, -0.15) is 5.10 Å². The van der Waals surface area contributed by atoms with Gasteiger partial charge in [-0.3, -0.25) is 9.40 Å². The lowest BCUT2D eigenvalue weighted by molar-refractivity contribution is 0.287. The molecule has 1 aromatic heterocycles. The lowest BCUT2D eigenvalue weighted by atomic mass is 10.4. The van der Waals surface area contributed by atoms with Crippen LogP contribution >= 0.6 is 0 Å². The van der Waals surface area contributed by atoms with Crippen molar-refractivity contribution in [1.29, 1.82) is 0 Å². The van der Waals surface area contributed by atoms with Gasteiger partial charge in [0, 0.05) is 19.9 Å². The molecule has 0 spiro atoms. The molecule has 0 saturated heterocycles. The molecule has 1 rings (SSSR count). The van der Waals surface area contributed by atoms with Gasteiger partial charge < -0.3 is 5.11 Å². The molecule has 0 fully saturated rings. The van der Waals surface area contributed by atoms with Crippen molar-refractivity contribution in [2.45, 2.75) is 12.8 Å². The first-order valence-corrected chi connectivity index (χ1v) is 6.29. The Kier molecular flexibility index (Phi) is 4.10. The number of sulfonamides is 1. The Balaban J connectivity index is 2.49. The summed E-state index contributed by atoms with van der Waals surface area (Å²) in [6.45, 7) is 0.0163. The summed E-state index contributed by atoms with van der Waals surface area (Å²) < 4.78 is 26.8. The van der Waals surface area contributed by atoms with Crippen LogP contribution < -0.4 is 4.72 Å². The number of hydrogen-bond donors (Lipinski definition) is 2. The summed E-state index contributed by atoms with van der Waals surface area (Å²) in [7, 11) is -1.60. The summed E-state index contributed by atoms with van der Waals surface area (Å²) in [5, 5.41) is 12.4. The fourth-order valence-corrected chi connectivity index (χ4v) is 2.26. The highest BCUT2D eigenvalue weighted by atomic mass is 32.2. The zero-order chi connectivity index (χ0) is 11.3. The molecule has 2 N–H and O–H groups in total. The number of nitrogens with zero attached hydrogens (tertiary/aromatic N) is 2. The molecule has 86 valence electrons. The van der Waals surface area contributed by atoms with Gasteiger partial charge in [0.2, 0.25) is 10.0 Å². The molecule has 1 aromatic rings. The molecule has 6 nitrogen and oxygen atoms in total. The van der Waals surface area contributed by atoms with Crippen molar-refractivity contribution in [3.63, 3.8) is 0 Å². The van der Waals surface area contributed by atoms with Crippen LogP contribution in [0.5, 0.6) is 0 Å². The maximum absolute atomic E-state index is 11.5. The van der Waals surface area contributed by atoms with Gasteiger partial charge in [-0.1, -0.05) is 0 Å². The van der Waals surface area contributed by atoms with Crippen LogP contribution in [-0.4, -0.2) is 35.7 Å². The number of aliphatic hydroxyl groups is 1. The Morgan fingerprint density at radius 1 is 1.53 bits per heavy atom. The highest BCUT2D eigenvalue weighted by Crippen LogP contribution is 2.07. The largest absolute Gasteiger partial charge is 0.396 e. The van der Waals surface area contributed by atoms with Crippen molar-refractivity contribution in [1.82, 2.24) is 9.78 Å². The summed E-state index contributed by atoms with van der Waals surface area (Å²) in [6.07, 6.45) is 3.98. The molecule has 0 saturated carbocycles. The van der Waals surface area contributed by atoms with E-state index in [1.807, 2.05) is 0 Å². The average Bonchev–Trinajstić information content (AvgIpc) is 2.50. The molecular weight excluding hydrogens is 218 g/mol. The summed E-state index contributed by atoms with van der Waals surface area (Å²) in [6, 6.07) is 0. The maximum Gasteiger partial charge on any atom is 0.232 e. The molecule has 15 heavy (non-hydrogen) atoms. The Morgan fingerprint density at radius 2 is 2.27 bits per heavy atom. The molecule has 0 unspecified atom stereocenters. The molecule has 1 heterocycles. The molecule has 0 aliphatic rings. The minimum Gasteiger partial charge on any atom is -0.396 e. The van der Waals surface area contributed by atoms with Crippen LogP contribution in [-0.2, 0) is 17.1 Å². The van der Waals surface area contributed by atoms with Crippen LogP contribution in [0.25, 0.3) is 0 Å². The van der Waals surface area contributed by atoms with Gasteiger partial charge in [-0.25, -0.2) is 8.42 Å². The van der Waals surface area contributed by atoms with Crippen LogP contribution in [0.3, 0.4) is 0 Å². The van der Waals surface area contributed by atoms with E-state index in [4.69, 9.17) is 5.11 Å². The number of aryl methyl sites for hydroxylation is 1. The summed E-state index contributed by atoms with van der Waals surface area (Å²) >= 11 is 0. The van der Waals surface area contributed by atoms with E-state index in [1.165, 1.54) is 10.9 Å². The molecule has 0 radical (unpaired) electrons. The van der Waals surface area contributed by atoms with Crippen molar-refractivity contribution in [2.75, 3.05) is 17.1 Å². The fourth-order valence-electron chi connectivity index (χ4n) is 1.11. The zero-order valence-electron chi connectivity index (χ0n) is 8.55. The van der Waals surface area contributed by atoms with Crippen molar-refractivity contribution in [3.8, 4) is 0 Å². The summed E-state index contributed by atoms with van der Waals surface area (Å²) in [4.78, 5) is 0. The first kappa shape index (κ1) is 12.0. The smallest absolute Gasteiger partial charge is 0.232 e. The molecule has 0 aliphatic heterocycles. The molecular formula is C8H15N3O3S. The number of aromatic nitrogens is 2. The van der Waals surface area contributed by atoms with E-state index < -0.39 is 10.0 Å². The first-order chi connectivity index (χ1) is 7.03. The lowest BCUT2D eigenvalue weighted by Crippen LogP contribution is -2.16. The third-order valence-corrected chi connectivity index (χ3v) is 3.17. The highest BCUT2D eigenvalue weighted by molar-refractivity contribution is 7.92. The van der Waals surface area contributed by atoms with Crippen LogP contribution in [0.1, 0.15) is 12.8 Å². The number of hydrogen-bond acceptors (Lipinski definition) is 4. The molecule has 7 heteroatoms. The number of anilines is 1. The van der Waals surface area contributed by atoms with E-state index in [1.54, 1.807) is 13.2 Å². The second-order valence-corrected chi connectivity index (χ2v) is 5.10. The van der Waals surface area contributed by atoms with E-state index in [-0.39, 0.29) is 12.4 Å². The Labute approximate surface area is 89.0 Å². The zero-order valence-corrected chi connectivity index (χ0v) is 9.37. The second kappa shape index (κ2) is 5.13. The van der Waals surface area contributed by atoms with Crippen LogP contribution in [0.15, 0.2) is 12.4 Å². The maximum atomic E-state index is 11.5. The SMILES string of the molecule is Cn1cc(NS(=O)(=O)CCCCO)cn1. The minimum atomic E-state index is -3.31. The molecule has 0 aromatic carbocycles. The predicted molar refractivity (Wildman–Crippen MR) is 56.9 cm³/mol. The number of nitrogens with one attached hydrogen (secondary N) is 1. The van der Waals surface area contributed by atoms with Gasteiger partial charge in [0.15, 0.2) is 0 Å². The van der Waals surface area contributed by atoms with E-state index in [0.29, 0.717) is 18.5 Å². The van der Waals surface area contributed by atoms with E-state index >= 15 is 0 Å². The molecule has 0 bridgehead atoms. The third-order valence-electron chi connectivity index (χ3n) is 1.80. The third kappa shape index (κ3) is 4.30. The van der Waals surface area contributed by atoms with Gasteiger partial charge in [-0.05, 0) is 12.8 Å². The van der Waals surface area contributed by atoms with Crippen molar-refractivity contribution < 1.29 is 13.5 Å². The van der Waals surface area contributed by atoms with Crippen molar-refractivity contribution in [2.24, 2.45) is 7.05 Å². The first-order valence-electron chi connectivity index (χ1n) is 4.63. The quantitative estimate of drug-likeness (QED) is 0.674. The van der Waals surface area contributed by atoms with Gasteiger partial charge in [0.1, 0.15) is 0 Å². The fraction of sp³-hybridized carbons (Fsp3) is 0.625. The van der Waals surface area contributed by atoms with Crippen molar-refractivity contribution in [3.05, 3.63) is 12.4 Å². The average molecular weight is 233 g/mol. The van der Waals surface area contributed by atoms with Gasteiger partial charge in [0.05, 0.1) is 17.6 Å². The number of rotatable bonds is 6. The van der Waals surface area contributed by atoms with Crippen LogP contribution in [0, 0.1) is 0 Å². The van der Waals surface area contributed by atoms with Gasteiger partial charge in [-0.15, -0.1) is 0 Å². The van der Waals surface area contributed by atoms with Crippen LogP contribution in [0.4, 0.5) is 5.69 Å². The van der Waals surface area contributed by atoms with E-state index in [2.05, 4.69) is 9.82 Å². The molecule has 0 aliphatic carbocycles. The van der Waals surface area contributed by atoms with E-state index in [0.717, 1.165) is 0 Å². The van der Waals surface area contributed by atoms with E-state index in [9.17, 15) is 8.42 Å². The second-order valence-electron chi connectivity index (χ2n) is 3.25. The monoisotopic (exact) mass is 233 g/mol. The minimum absolute atomic E-state index is 0.0163. The predicted octanol–water partition coefficient (Wildman–Crippen LogP) is -0.0657. The Bertz CT molecular complexity index is 399. The highest BCUT2D eigenvalue weighted by Gasteiger charge is 2.10. The van der Waals surface area contributed by atoms with Crippen molar-refractivity contribution >= 4 is 15.7 Å².